The van der Waals surface area contributed by atoms with Crippen LogP contribution >= 0.6 is 15.9 Å². The smallest absolute Gasteiger partial charge is 0.276 e. The van der Waals surface area contributed by atoms with Crippen molar-refractivity contribution in [1.29, 1.82) is 0 Å². The molecular formula is C21H24BrN5O. The number of H-pyrrole nitrogens is 1. The third kappa shape index (κ3) is 4.27. The van der Waals surface area contributed by atoms with Crippen LogP contribution in [0.25, 0.3) is 10.9 Å². The van der Waals surface area contributed by atoms with E-state index in [0.29, 0.717) is 5.69 Å². The van der Waals surface area contributed by atoms with E-state index in [1.54, 1.807) is 0 Å². The van der Waals surface area contributed by atoms with Crippen molar-refractivity contribution in [3.8, 4) is 0 Å². The molecule has 0 unspecified atom stereocenters. The summed E-state index contributed by atoms with van der Waals surface area (Å²) in [6.07, 6.45) is 0. The maximum Gasteiger partial charge on any atom is 0.276 e. The number of hydrogen-bond donors (Lipinski definition) is 2. The van der Waals surface area contributed by atoms with Crippen LogP contribution in [0.5, 0.6) is 0 Å². The zero-order valence-corrected chi connectivity index (χ0v) is 17.5. The van der Waals surface area contributed by atoms with Crippen LogP contribution in [0.1, 0.15) is 23.0 Å². The molecule has 0 spiro atoms. The first kappa shape index (κ1) is 19.1. The molecule has 2 N–H and O–H groups in total. The number of benzene rings is 2. The fourth-order valence-electron chi connectivity index (χ4n) is 3.56. The molecule has 0 radical (unpaired) electrons. The van der Waals surface area contributed by atoms with Gasteiger partial charge >= 0.3 is 0 Å². The van der Waals surface area contributed by atoms with Crippen LogP contribution in [-0.2, 0) is 6.54 Å². The average molecular weight is 442 g/mol. The zero-order valence-electron chi connectivity index (χ0n) is 15.9. The topological polar surface area (TPSA) is 64.3 Å². The summed E-state index contributed by atoms with van der Waals surface area (Å²) < 4.78 is 0.916. The van der Waals surface area contributed by atoms with Crippen molar-refractivity contribution in [2.45, 2.75) is 13.5 Å². The number of amides is 1. The first-order valence-electron chi connectivity index (χ1n) is 9.61. The Kier molecular flexibility index (Phi) is 5.75. The van der Waals surface area contributed by atoms with Crippen molar-refractivity contribution in [3.63, 3.8) is 0 Å². The van der Waals surface area contributed by atoms with Crippen molar-refractivity contribution in [3.05, 3.63) is 58.2 Å². The van der Waals surface area contributed by atoms with E-state index in [-0.39, 0.29) is 5.91 Å². The van der Waals surface area contributed by atoms with Crippen LogP contribution in [0.4, 0.5) is 5.69 Å². The van der Waals surface area contributed by atoms with Gasteiger partial charge in [-0.25, -0.2) is 0 Å². The lowest BCUT2D eigenvalue weighted by atomic mass is 10.1. The lowest BCUT2D eigenvalue weighted by Gasteiger charge is -2.34. The van der Waals surface area contributed by atoms with Gasteiger partial charge in [0.25, 0.3) is 5.91 Å². The van der Waals surface area contributed by atoms with Crippen LogP contribution in [0, 0.1) is 0 Å². The number of nitrogens with one attached hydrogen (secondary N) is 2. The SMILES string of the molecule is CCN1CCN(Cc2ccc(NC(=O)c3n[nH]c4ccc(Br)cc34)cc2)CC1. The first-order valence-corrected chi connectivity index (χ1v) is 10.4. The van der Waals surface area contributed by atoms with Crippen LogP contribution in [0.3, 0.4) is 0 Å². The molecule has 7 heteroatoms. The van der Waals surface area contributed by atoms with Crippen LogP contribution < -0.4 is 5.32 Å². The summed E-state index contributed by atoms with van der Waals surface area (Å²) in [5.41, 5.74) is 3.27. The summed E-state index contributed by atoms with van der Waals surface area (Å²) in [7, 11) is 0. The number of aromatic amines is 1. The van der Waals surface area contributed by atoms with Gasteiger partial charge in [-0.05, 0) is 42.4 Å². The molecule has 0 atom stereocenters. The Morgan fingerprint density at radius 3 is 2.54 bits per heavy atom. The molecule has 1 amide bonds. The summed E-state index contributed by atoms with van der Waals surface area (Å²) >= 11 is 3.44. The maximum absolute atomic E-state index is 12.6. The number of nitrogens with zero attached hydrogens (tertiary/aromatic N) is 3. The second kappa shape index (κ2) is 8.43. The largest absolute Gasteiger partial charge is 0.321 e. The number of carbonyl (C=O) groups excluding carboxylic acids is 1. The van der Waals surface area contributed by atoms with E-state index >= 15 is 0 Å². The molecule has 2 heterocycles. The fourth-order valence-corrected chi connectivity index (χ4v) is 3.93. The van der Waals surface area contributed by atoms with Gasteiger partial charge in [0.2, 0.25) is 0 Å². The first-order chi connectivity index (χ1) is 13.6. The van der Waals surface area contributed by atoms with E-state index in [2.05, 4.69) is 60.3 Å². The molecule has 0 bridgehead atoms. The molecule has 3 aromatic rings. The Labute approximate surface area is 173 Å². The minimum Gasteiger partial charge on any atom is -0.321 e. The number of anilines is 1. The van der Waals surface area contributed by atoms with E-state index in [4.69, 9.17) is 0 Å². The lowest BCUT2D eigenvalue weighted by molar-refractivity contribution is 0.102. The van der Waals surface area contributed by atoms with E-state index in [1.165, 1.54) is 5.56 Å². The Balaban J connectivity index is 1.39. The summed E-state index contributed by atoms with van der Waals surface area (Å²) in [4.78, 5) is 17.6. The summed E-state index contributed by atoms with van der Waals surface area (Å²) in [6.45, 7) is 8.78. The lowest BCUT2D eigenvalue weighted by Crippen LogP contribution is -2.45. The van der Waals surface area contributed by atoms with Gasteiger partial charge in [-0.2, -0.15) is 5.10 Å². The molecule has 0 aliphatic carbocycles. The van der Waals surface area contributed by atoms with Gasteiger partial charge in [0, 0.05) is 48.3 Å². The normalized spacial score (nSPS) is 15.8. The number of rotatable bonds is 5. The Hall–Kier alpha value is -2.22. The highest BCUT2D eigenvalue weighted by molar-refractivity contribution is 9.10. The zero-order chi connectivity index (χ0) is 19.5. The Bertz CT molecular complexity index is 961. The van der Waals surface area contributed by atoms with Crippen molar-refractivity contribution < 1.29 is 4.79 Å². The van der Waals surface area contributed by atoms with Gasteiger partial charge in [-0.3, -0.25) is 14.8 Å². The van der Waals surface area contributed by atoms with Crippen LogP contribution in [0.2, 0.25) is 0 Å². The van der Waals surface area contributed by atoms with Gasteiger partial charge in [0.05, 0.1) is 5.52 Å². The molecule has 2 aromatic carbocycles. The van der Waals surface area contributed by atoms with E-state index < -0.39 is 0 Å². The number of halogens is 1. The molecule has 28 heavy (non-hydrogen) atoms. The minimum atomic E-state index is -0.215. The number of piperazine rings is 1. The molecule has 4 rings (SSSR count). The van der Waals surface area contributed by atoms with Crippen LogP contribution in [0.15, 0.2) is 46.9 Å². The molecule has 1 fully saturated rings. The van der Waals surface area contributed by atoms with Gasteiger partial charge in [0.1, 0.15) is 0 Å². The molecule has 1 aliphatic rings. The second-order valence-corrected chi connectivity index (χ2v) is 8.04. The number of hydrogen-bond acceptors (Lipinski definition) is 4. The second-order valence-electron chi connectivity index (χ2n) is 7.12. The fraction of sp³-hybridized carbons (Fsp3) is 0.333. The number of aromatic nitrogens is 2. The van der Waals surface area contributed by atoms with Gasteiger partial charge in [-0.15, -0.1) is 0 Å². The molecule has 6 nitrogen and oxygen atoms in total. The van der Waals surface area contributed by atoms with E-state index in [9.17, 15) is 4.79 Å². The average Bonchev–Trinajstić information content (AvgIpc) is 3.13. The van der Waals surface area contributed by atoms with Crippen molar-refractivity contribution in [2.75, 3.05) is 38.0 Å². The Morgan fingerprint density at radius 2 is 1.82 bits per heavy atom. The van der Waals surface area contributed by atoms with Crippen molar-refractivity contribution in [1.82, 2.24) is 20.0 Å². The minimum absolute atomic E-state index is 0.215. The van der Waals surface area contributed by atoms with E-state index in [1.807, 2.05) is 30.3 Å². The van der Waals surface area contributed by atoms with Crippen LogP contribution in [-0.4, -0.2) is 58.6 Å². The summed E-state index contributed by atoms with van der Waals surface area (Å²) in [5.74, 6) is -0.215. The Morgan fingerprint density at radius 1 is 1.11 bits per heavy atom. The molecule has 0 saturated carbocycles. The summed E-state index contributed by atoms with van der Waals surface area (Å²) in [6, 6.07) is 13.8. The number of likely N-dealkylation sites (N-methyl/N-ethyl adjacent to an activating group) is 1. The standard InChI is InChI=1S/C21H24BrN5O/c1-2-26-9-11-27(12-10-26)14-15-3-6-17(7-4-15)23-21(28)20-18-13-16(22)5-8-19(18)24-25-20/h3-8,13H,2,9-12,14H2,1H3,(H,23,28)(H,24,25). The third-order valence-electron chi connectivity index (χ3n) is 5.27. The maximum atomic E-state index is 12.6. The third-order valence-corrected chi connectivity index (χ3v) is 5.76. The quantitative estimate of drug-likeness (QED) is 0.633. The highest BCUT2D eigenvalue weighted by atomic mass is 79.9. The number of carbonyl (C=O) groups is 1. The highest BCUT2D eigenvalue weighted by Gasteiger charge is 2.16. The number of fused-ring (bicyclic) bond motifs is 1. The predicted molar refractivity (Wildman–Crippen MR) is 116 cm³/mol. The van der Waals surface area contributed by atoms with Gasteiger partial charge in [-0.1, -0.05) is 35.0 Å². The summed E-state index contributed by atoms with van der Waals surface area (Å²) in [5, 5.41) is 10.8. The van der Waals surface area contributed by atoms with Crippen molar-refractivity contribution >= 4 is 38.4 Å². The molecule has 1 saturated heterocycles. The molecule has 146 valence electrons. The monoisotopic (exact) mass is 441 g/mol. The van der Waals surface area contributed by atoms with E-state index in [0.717, 1.165) is 60.3 Å². The molecule has 1 aromatic heterocycles. The molecule has 1 aliphatic heterocycles. The van der Waals surface area contributed by atoms with Gasteiger partial charge < -0.3 is 10.2 Å². The highest BCUT2D eigenvalue weighted by Crippen LogP contribution is 2.22. The van der Waals surface area contributed by atoms with Crippen molar-refractivity contribution in [2.24, 2.45) is 0 Å². The van der Waals surface area contributed by atoms with Gasteiger partial charge in [0.15, 0.2) is 5.69 Å². The molecular weight excluding hydrogens is 418 g/mol. The predicted octanol–water partition coefficient (Wildman–Crippen LogP) is 3.72.